The van der Waals surface area contributed by atoms with Crippen LogP contribution in [0.1, 0.15) is 25.1 Å². The van der Waals surface area contributed by atoms with Crippen molar-refractivity contribution in [3.8, 4) is 17.2 Å². The minimum Gasteiger partial charge on any atom is -0.492 e. The molecule has 1 aliphatic rings. The predicted molar refractivity (Wildman–Crippen MR) is 82.1 cm³/mol. The molecule has 7 heteroatoms. The minimum absolute atomic E-state index is 0.0659. The second kappa shape index (κ2) is 7.23. The van der Waals surface area contributed by atoms with E-state index < -0.39 is 0 Å². The van der Waals surface area contributed by atoms with Crippen LogP contribution in [0.15, 0.2) is 28.8 Å². The van der Waals surface area contributed by atoms with Gasteiger partial charge < -0.3 is 19.3 Å². The molecule has 23 heavy (non-hydrogen) atoms. The van der Waals surface area contributed by atoms with Gasteiger partial charge in [0.2, 0.25) is 5.91 Å². The van der Waals surface area contributed by atoms with Crippen LogP contribution in [0.4, 0.5) is 0 Å². The highest BCUT2D eigenvalue weighted by Gasteiger charge is 2.23. The first-order valence-electron chi connectivity index (χ1n) is 7.61. The monoisotopic (exact) mass is 317 g/mol. The van der Waals surface area contributed by atoms with Gasteiger partial charge in [0.25, 0.3) is 5.89 Å². The van der Waals surface area contributed by atoms with Gasteiger partial charge >= 0.3 is 0 Å². The highest BCUT2D eigenvalue weighted by Crippen LogP contribution is 2.26. The zero-order valence-corrected chi connectivity index (χ0v) is 12.9. The van der Waals surface area contributed by atoms with Gasteiger partial charge in [0.05, 0.1) is 13.2 Å². The number of hydrogen-bond acceptors (Lipinski definition) is 6. The van der Waals surface area contributed by atoms with Gasteiger partial charge in [-0.15, -0.1) is 0 Å². The third-order valence-electron chi connectivity index (χ3n) is 3.58. The van der Waals surface area contributed by atoms with Crippen LogP contribution in [-0.2, 0) is 9.53 Å². The molecule has 0 saturated carbocycles. The van der Waals surface area contributed by atoms with Gasteiger partial charge in [0, 0.05) is 25.0 Å². The van der Waals surface area contributed by atoms with Gasteiger partial charge in [-0.2, -0.15) is 4.98 Å². The first-order valence-corrected chi connectivity index (χ1v) is 7.61. The average molecular weight is 317 g/mol. The highest BCUT2D eigenvalue weighted by molar-refractivity contribution is 5.72. The van der Waals surface area contributed by atoms with E-state index in [-0.39, 0.29) is 11.8 Å². The number of ether oxygens (including phenoxy) is 2. The Morgan fingerprint density at radius 1 is 1.39 bits per heavy atom. The summed E-state index contributed by atoms with van der Waals surface area (Å²) in [5, 5.41) is 6.71. The third kappa shape index (κ3) is 4.07. The summed E-state index contributed by atoms with van der Waals surface area (Å²) in [6.45, 7) is 3.78. The van der Waals surface area contributed by atoms with Crippen molar-refractivity contribution in [1.29, 1.82) is 0 Å². The topological polar surface area (TPSA) is 86.5 Å². The van der Waals surface area contributed by atoms with E-state index in [1.165, 1.54) is 6.92 Å². The molecule has 1 saturated heterocycles. The molecule has 1 amide bonds. The van der Waals surface area contributed by atoms with E-state index >= 15 is 0 Å². The molecule has 1 N–H and O–H groups in total. The molecule has 1 unspecified atom stereocenters. The molecule has 0 bridgehead atoms. The summed E-state index contributed by atoms with van der Waals surface area (Å²) < 4.78 is 16.2. The lowest BCUT2D eigenvalue weighted by atomic mass is 10.1. The van der Waals surface area contributed by atoms with Crippen molar-refractivity contribution in [2.45, 2.75) is 19.3 Å². The van der Waals surface area contributed by atoms with Gasteiger partial charge in [0.1, 0.15) is 12.4 Å². The van der Waals surface area contributed by atoms with Crippen molar-refractivity contribution in [3.63, 3.8) is 0 Å². The van der Waals surface area contributed by atoms with Crippen LogP contribution in [0.25, 0.3) is 11.5 Å². The van der Waals surface area contributed by atoms with E-state index in [0.717, 1.165) is 24.3 Å². The first kappa shape index (κ1) is 15.5. The average Bonchev–Trinajstić information content (AvgIpc) is 3.22. The molecule has 1 atom stereocenters. The Kier molecular flexibility index (Phi) is 4.87. The Morgan fingerprint density at radius 3 is 2.91 bits per heavy atom. The standard InChI is InChI=1S/C16H19N3O4/c1-11(20)17-7-9-22-14-4-2-12(3-5-14)16-18-15(19-23-16)13-6-8-21-10-13/h2-5,13H,6-10H2,1H3,(H,17,20). The summed E-state index contributed by atoms with van der Waals surface area (Å²) in [5.74, 6) is 2.08. The third-order valence-corrected chi connectivity index (χ3v) is 3.58. The fourth-order valence-corrected chi connectivity index (χ4v) is 2.35. The van der Waals surface area contributed by atoms with Gasteiger partial charge in [-0.1, -0.05) is 5.16 Å². The van der Waals surface area contributed by atoms with E-state index in [4.69, 9.17) is 14.0 Å². The quantitative estimate of drug-likeness (QED) is 0.817. The second-order valence-electron chi connectivity index (χ2n) is 5.37. The number of carbonyl (C=O) groups excluding carboxylic acids is 1. The molecule has 1 aromatic heterocycles. The molecule has 1 aromatic carbocycles. The lowest BCUT2D eigenvalue weighted by Crippen LogP contribution is -2.25. The number of aromatic nitrogens is 2. The predicted octanol–water partition coefficient (Wildman–Crippen LogP) is 1.76. The lowest BCUT2D eigenvalue weighted by Gasteiger charge is -2.06. The summed E-state index contributed by atoms with van der Waals surface area (Å²) in [6.07, 6.45) is 0.931. The lowest BCUT2D eigenvalue weighted by molar-refractivity contribution is -0.119. The van der Waals surface area contributed by atoms with Crippen LogP contribution in [0.3, 0.4) is 0 Å². The Bertz CT molecular complexity index is 648. The maximum atomic E-state index is 10.8. The van der Waals surface area contributed by atoms with E-state index in [0.29, 0.717) is 31.5 Å². The fraction of sp³-hybridized carbons (Fsp3) is 0.438. The molecule has 0 radical (unpaired) electrons. The Morgan fingerprint density at radius 2 is 2.22 bits per heavy atom. The zero-order chi connectivity index (χ0) is 16.1. The molecule has 1 fully saturated rings. The minimum atomic E-state index is -0.0659. The number of nitrogens with one attached hydrogen (secondary N) is 1. The van der Waals surface area contributed by atoms with Gasteiger partial charge in [-0.3, -0.25) is 4.79 Å². The Hall–Kier alpha value is -2.41. The number of rotatable bonds is 6. The van der Waals surface area contributed by atoms with Crippen LogP contribution in [0.2, 0.25) is 0 Å². The second-order valence-corrected chi connectivity index (χ2v) is 5.37. The summed E-state index contributed by atoms with van der Waals surface area (Å²) in [5.41, 5.74) is 0.844. The van der Waals surface area contributed by atoms with Crippen molar-refractivity contribution >= 4 is 5.91 Å². The summed E-state index contributed by atoms with van der Waals surface area (Å²) in [7, 11) is 0. The number of amides is 1. The van der Waals surface area contributed by atoms with Crippen LogP contribution in [-0.4, -0.2) is 42.4 Å². The number of nitrogens with zero attached hydrogens (tertiary/aromatic N) is 2. The maximum Gasteiger partial charge on any atom is 0.257 e. The molecule has 2 heterocycles. The Labute approximate surface area is 134 Å². The SMILES string of the molecule is CC(=O)NCCOc1ccc(-c2nc(C3CCOC3)no2)cc1. The van der Waals surface area contributed by atoms with Gasteiger partial charge in [-0.05, 0) is 30.7 Å². The van der Waals surface area contributed by atoms with E-state index in [1.807, 2.05) is 24.3 Å². The maximum absolute atomic E-state index is 10.8. The van der Waals surface area contributed by atoms with Crippen molar-refractivity contribution in [1.82, 2.24) is 15.5 Å². The molecular formula is C16H19N3O4. The largest absolute Gasteiger partial charge is 0.492 e. The molecule has 122 valence electrons. The van der Waals surface area contributed by atoms with E-state index in [2.05, 4.69) is 15.5 Å². The molecular weight excluding hydrogens is 298 g/mol. The normalized spacial score (nSPS) is 17.2. The number of hydrogen-bond donors (Lipinski definition) is 1. The fourth-order valence-electron chi connectivity index (χ4n) is 2.35. The number of benzene rings is 1. The van der Waals surface area contributed by atoms with Crippen molar-refractivity contribution < 1.29 is 18.8 Å². The van der Waals surface area contributed by atoms with E-state index in [9.17, 15) is 4.79 Å². The van der Waals surface area contributed by atoms with Crippen molar-refractivity contribution in [2.24, 2.45) is 0 Å². The van der Waals surface area contributed by atoms with Crippen LogP contribution >= 0.6 is 0 Å². The van der Waals surface area contributed by atoms with E-state index in [1.54, 1.807) is 0 Å². The van der Waals surface area contributed by atoms with Crippen molar-refractivity contribution in [3.05, 3.63) is 30.1 Å². The molecule has 2 aromatic rings. The number of carbonyl (C=O) groups is 1. The molecule has 0 aliphatic carbocycles. The van der Waals surface area contributed by atoms with Gasteiger partial charge in [-0.25, -0.2) is 0 Å². The smallest absolute Gasteiger partial charge is 0.257 e. The summed E-state index contributed by atoms with van der Waals surface area (Å²) in [4.78, 5) is 15.2. The summed E-state index contributed by atoms with van der Waals surface area (Å²) in [6, 6.07) is 7.42. The molecule has 0 spiro atoms. The molecule has 3 rings (SSSR count). The molecule has 1 aliphatic heterocycles. The summed E-state index contributed by atoms with van der Waals surface area (Å²) >= 11 is 0. The van der Waals surface area contributed by atoms with Crippen LogP contribution in [0, 0.1) is 0 Å². The molecule has 7 nitrogen and oxygen atoms in total. The highest BCUT2D eigenvalue weighted by atomic mass is 16.5. The Balaban J connectivity index is 1.57. The van der Waals surface area contributed by atoms with Crippen LogP contribution in [0.5, 0.6) is 5.75 Å². The van der Waals surface area contributed by atoms with Gasteiger partial charge in [0.15, 0.2) is 5.82 Å². The van der Waals surface area contributed by atoms with Crippen molar-refractivity contribution in [2.75, 3.05) is 26.4 Å². The first-order chi connectivity index (χ1) is 11.2. The van der Waals surface area contributed by atoms with Crippen LogP contribution < -0.4 is 10.1 Å². The zero-order valence-electron chi connectivity index (χ0n) is 12.9.